The van der Waals surface area contributed by atoms with E-state index < -0.39 is 5.97 Å². The van der Waals surface area contributed by atoms with Crippen LogP contribution in [0.15, 0.2) is 30.6 Å². The first-order valence-corrected chi connectivity index (χ1v) is 7.82. The summed E-state index contributed by atoms with van der Waals surface area (Å²) in [7, 11) is 0. The number of hydrazine groups is 1. The Morgan fingerprint density at radius 3 is 2.58 bits per heavy atom. The molecule has 3 rings (SSSR count). The molecular weight excluding hydrogens is 308 g/mol. The van der Waals surface area contributed by atoms with Crippen molar-refractivity contribution in [2.75, 3.05) is 11.9 Å². The summed E-state index contributed by atoms with van der Waals surface area (Å²) in [5.74, 6) is -0.0812. The third-order valence-corrected chi connectivity index (χ3v) is 4.24. The molecule has 0 saturated carbocycles. The first kappa shape index (κ1) is 16.3. The fourth-order valence-electron chi connectivity index (χ4n) is 2.76. The molecule has 2 aromatic heterocycles. The molecule has 3 heterocycles. The van der Waals surface area contributed by atoms with E-state index in [1.165, 1.54) is 18.3 Å². The number of hydrogen-bond donors (Lipinski definition) is 4. The Labute approximate surface area is 139 Å². The van der Waals surface area contributed by atoms with Gasteiger partial charge in [-0.15, -0.1) is 0 Å². The van der Waals surface area contributed by atoms with Crippen LogP contribution >= 0.6 is 0 Å². The van der Waals surface area contributed by atoms with Crippen LogP contribution in [-0.4, -0.2) is 44.7 Å². The zero-order valence-electron chi connectivity index (χ0n) is 13.5. The summed E-state index contributed by atoms with van der Waals surface area (Å²) < 4.78 is 0. The van der Waals surface area contributed by atoms with Crippen molar-refractivity contribution >= 4 is 11.9 Å². The van der Waals surface area contributed by atoms with E-state index in [0.717, 1.165) is 6.54 Å². The number of hydrogen-bond acceptors (Lipinski definition) is 7. The maximum absolute atomic E-state index is 11.1. The van der Waals surface area contributed by atoms with Gasteiger partial charge in [0.05, 0.1) is 17.0 Å². The molecule has 1 aliphatic heterocycles. The summed E-state index contributed by atoms with van der Waals surface area (Å²) in [6.07, 6.45) is 3.10. The SMILES string of the molecule is CC1NNC(C)C1CNc1nccc(-c2cc(C(=O)O)ccn2)n1. The van der Waals surface area contributed by atoms with Gasteiger partial charge in [-0.25, -0.2) is 14.8 Å². The molecule has 0 spiro atoms. The van der Waals surface area contributed by atoms with Crippen molar-refractivity contribution in [3.63, 3.8) is 0 Å². The highest BCUT2D eigenvalue weighted by atomic mass is 16.4. The second-order valence-electron chi connectivity index (χ2n) is 5.91. The maximum Gasteiger partial charge on any atom is 0.335 e. The smallest absolute Gasteiger partial charge is 0.335 e. The van der Waals surface area contributed by atoms with Crippen LogP contribution in [0.1, 0.15) is 24.2 Å². The maximum atomic E-state index is 11.1. The Bertz CT molecular complexity index is 728. The number of nitrogens with one attached hydrogen (secondary N) is 3. The summed E-state index contributed by atoms with van der Waals surface area (Å²) in [5, 5.41) is 12.3. The van der Waals surface area contributed by atoms with Gasteiger partial charge in [0, 0.05) is 36.9 Å². The first-order valence-electron chi connectivity index (χ1n) is 7.82. The Balaban J connectivity index is 1.74. The molecular formula is C16H20N6O2. The molecule has 1 fully saturated rings. The van der Waals surface area contributed by atoms with Gasteiger partial charge in [-0.05, 0) is 32.0 Å². The molecule has 0 bridgehead atoms. The summed E-state index contributed by atoms with van der Waals surface area (Å²) in [4.78, 5) is 23.9. The normalized spacial score (nSPS) is 23.2. The second-order valence-corrected chi connectivity index (χ2v) is 5.91. The van der Waals surface area contributed by atoms with E-state index >= 15 is 0 Å². The molecule has 4 N–H and O–H groups in total. The lowest BCUT2D eigenvalue weighted by Gasteiger charge is -2.18. The first-order chi connectivity index (χ1) is 11.5. The van der Waals surface area contributed by atoms with E-state index in [4.69, 9.17) is 5.11 Å². The van der Waals surface area contributed by atoms with Crippen LogP contribution < -0.4 is 16.2 Å². The molecule has 126 valence electrons. The highest BCUT2D eigenvalue weighted by molar-refractivity contribution is 5.88. The average Bonchev–Trinajstić information content (AvgIpc) is 2.91. The van der Waals surface area contributed by atoms with Crippen LogP contribution in [0.3, 0.4) is 0 Å². The number of carbonyl (C=O) groups is 1. The van der Waals surface area contributed by atoms with Crippen LogP contribution in [0, 0.1) is 5.92 Å². The number of aromatic carboxylic acids is 1. The third-order valence-electron chi connectivity index (χ3n) is 4.24. The molecule has 0 aliphatic carbocycles. The highest BCUT2D eigenvalue weighted by Gasteiger charge is 2.29. The number of carboxylic acids is 1. The van der Waals surface area contributed by atoms with Gasteiger partial charge in [-0.1, -0.05) is 0 Å². The molecule has 8 heteroatoms. The van der Waals surface area contributed by atoms with E-state index in [-0.39, 0.29) is 5.56 Å². The van der Waals surface area contributed by atoms with Crippen molar-refractivity contribution in [1.82, 2.24) is 25.8 Å². The highest BCUT2D eigenvalue weighted by Crippen LogP contribution is 2.18. The lowest BCUT2D eigenvalue weighted by molar-refractivity contribution is 0.0697. The summed E-state index contributed by atoms with van der Waals surface area (Å²) in [6, 6.07) is 5.37. The second kappa shape index (κ2) is 6.90. The minimum Gasteiger partial charge on any atom is -0.478 e. The number of rotatable bonds is 5. The van der Waals surface area contributed by atoms with E-state index in [9.17, 15) is 4.79 Å². The van der Waals surface area contributed by atoms with Gasteiger partial charge < -0.3 is 10.4 Å². The Morgan fingerprint density at radius 2 is 1.88 bits per heavy atom. The number of anilines is 1. The van der Waals surface area contributed by atoms with Crippen LogP contribution in [0.4, 0.5) is 5.95 Å². The standard InChI is InChI=1S/C16H20N6O2/c1-9-12(10(2)22-21-9)8-19-16-18-6-4-13(20-16)14-7-11(15(23)24)3-5-17-14/h3-7,9-10,12,21-22H,8H2,1-2H3,(H,23,24)(H,18,19,20). The predicted molar refractivity (Wildman–Crippen MR) is 89.4 cm³/mol. The van der Waals surface area contributed by atoms with Crippen LogP contribution in [0.5, 0.6) is 0 Å². The molecule has 2 aromatic rings. The molecule has 1 aliphatic rings. The van der Waals surface area contributed by atoms with E-state index in [1.54, 1.807) is 12.3 Å². The van der Waals surface area contributed by atoms with Gasteiger partial charge in [0.1, 0.15) is 0 Å². The molecule has 8 nitrogen and oxygen atoms in total. The number of aromatic nitrogens is 3. The molecule has 1 saturated heterocycles. The molecule has 0 radical (unpaired) electrons. The van der Waals surface area contributed by atoms with Gasteiger partial charge in [-0.2, -0.15) is 0 Å². The van der Waals surface area contributed by atoms with Gasteiger partial charge in [0.15, 0.2) is 0 Å². The predicted octanol–water partition coefficient (Wildman–Crippen LogP) is 1.15. The van der Waals surface area contributed by atoms with E-state index in [2.05, 4.69) is 45.0 Å². The quantitative estimate of drug-likeness (QED) is 0.647. The van der Waals surface area contributed by atoms with E-state index in [1.807, 2.05) is 0 Å². The fraction of sp³-hybridized carbons (Fsp3) is 0.375. The molecule has 0 aromatic carbocycles. The summed E-state index contributed by atoms with van der Waals surface area (Å²) >= 11 is 0. The molecule has 2 atom stereocenters. The minimum atomic E-state index is -0.990. The minimum absolute atomic E-state index is 0.180. The summed E-state index contributed by atoms with van der Waals surface area (Å²) in [6.45, 7) is 4.98. The van der Waals surface area contributed by atoms with Crippen molar-refractivity contribution in [2.45, 2.75) is 25.9 Å². The summed E-state index contributed by atoms with van der Waals surface area (Å²) in [5.41, 5.74) is 7.69. The Kier molecular flexibility index (Phi) is 4.68. The van der Waals surface area contributed by atoms with Crippen LogP contribution in [0.2, 0.25) is 0 Å². The Morgan fingerprint density at radius 1 is 1.17 bits per heavy atom. The van der Waals surface area contributed by atoms with Gasteiger partial charge in [0.25, 0.3) is 0 Å². The van der Waals surface area contributed by atoms with Crippen molar-refractivity contribution in [2.24, 2.45) is 5.92 Å². The van der Waals surface area contributed by atoms with Gasteiger partial charge in [0.2, 0.25) is 5.95 Å². The van der Waals surface area contributed by atoms with Crippen molar-refractivity contribution < 1.29 is 9.90 Å². The number of carboxylic acid groups (broad SMARTS) is 1. The fourth-order valence-corrected chi connectivity index (χ4v) is 2.76. The Hall–Kier alpha value is -2.58. The lowest BCUT2D eigenvalue weighted by atomic mass is 9.97. The topological polar surface area (TPSA) is 112 Å². The zero-order valence-corrected chi connectivity index (χ0v) is 13.5. The monoisotopic (exact) mass is 328 g/mol. The van der Waals surface area contributed by atoms with Gasteiger partial charge in [-0.3, -0.25) is 15.8 Å². The van der Waals surface area contributed by atoms with Gasteiger partial charge >= 0.3 is 5.97 Å². The molecule has 2 unspecified atom stereocenters. The molecule has 24 heavy (non-hydrogen) atoms. The third kappa shape index (κ3) is 3.50. The van der Waals surface area contributed by atoms with Crippen molar-refractivity contribution in [1.29, 1.82) is 0 Å². The van der Waals surface area contributed by atoms with Crippen LogP contribution in [-0.2, 0) is 0 Å². The van der Waals surface area contributed by atoms with Crippen LogP contribution in [0.25, 0.3) is 11.4 Å². The molecule has 0 amide bonds. The largest absolute Gasteiger partial charge is 0.478 e. The average molecular weight is 328 g/mol. The lowest BCUT2D eigenvalue weighted by Crippen LogP contribution is -2.30. The van der Waals surface area contributed by atoms with Crippen molar-refractivity contribution in [3.8, 4) is 11.4 Å². The van der Waals surface area contributed by atoms with E-state index in [0.29, 0.717) is 35.3 Å². The number of nitrogens with zero attached hydrogens (tertiary/aromatic N) is 3. The number of pyridine rings is 1. The zero-order chi connectivity index (χ0) is 17.1. The van der Waals surface area contributed by atoms with Crippen molar-refractivity contribution in [3.05, 3.63) is 36.2 Å².